The van der Waals surface area contributed by atoms with Crippen molar-refractivity contribution in [1.29, 1.82) is 0 Å². The number of hydrogen-bond donors (Lipinski definition) is 0. The zero-order valence-electron chi connectivity index (χ0n) is 21.8. The number of fused-ring (bicyclic) bond motifs is 1. The summed E-state index contributed by atoms with van der Waals surface area (Å²) in [5.74, 6) is 1.03. The van der Waals surface area contributed by atoms with Gasteiger partial charge in [0.25, 0.3) is 0 Å². The van der Waals surface area contributed by atoms with E-state index in [1.54, 1.807) is 56.8 Å². The van der Waals surface area contributed by atoms with Crippen molar-refractivity contribution in [2.45, 2.75) is 0 Å². The number of ether oxygens (including phenoxy) is 3. The van der Waals surface area contributed by atoms with E-state index in [2.05, 4.69) is 9.89 Å². The predicted molar refractivity (Wildman–Crippen MR) is 152 cm³/mol. The number of rotatable bonds is 8. The largest absolute Gasteiger partial charge is 0.493 e. The lowest BCUT2D eigenvalue weighted by atomic mass is 10.1. The molecular formula is C31H28N2O6. The minimum Gasteiger partial charge on any atom is -0.493 e. The lowest BCUT2D eigenvalue weighted by molar-refractivity contribution is 0.104. The van der Waals surface area contributed by atoms with Crippen molar-refractivity contribution < 1.29 is 23.4 Å². The highest BCUT2D eigenvalue weighted by molar-refractivity contribution is 6.08. The number of ketones is 1. The van der Waals surface area contributed by atoms with Crippen molar-refractivity contribution >= 4 is 40.4 Å². The third-order valence-electron chi connectivity index (χ3n) is 6.47. The molecule has 1 aliphatic heterocycles. The third kappa shape index (κ3) is 5.76. The second-order valence-corrected chi connectivity index (χ2v) is 8.86. The fourth-order valence-corrected chi connectivity index (χ4v) is 4.47. The lowest BCUT2D eigenvalue weighted by Gasteiger charge is -2.30. The Hall–Kier alpha value is -4.69. The molecular weight excluding hydrogens is 496 g/mol. The average Bonchev–Trinajstić information content (AvgIpc) is 2.99. The van der Waals surface area contributed by atoms with Crippen LogP contribution in [0.3, 0.4) is 0 Å². The van der Waals surface area contributed by atoms with Gasteiger partial charge in [-0.2, -0.15) is 0 Å². The Morgan fingerprint density at radius 2 is 1.69 bits per heavy atom. The third-order valence-corrected chi connectivity index (χ3v) is 6.47. The molecule has 0 radical (unpaired) electrons. The molecule has 0 unspecified atom stereocenters. The molecule has 0 bridgehead atoms. The molecule has 1 saturated heterocycles. The molecule has 198 valence electrons. The van der Waals surface area contributed by atoms with Crippen LogP contribution in [-0.2, 0) is 4.74 Å². The fourth-order valence-electron chi connectivity index (χ4n) is 4.47. The minimum absolute atomic E-state index is 0.231. The maximum atomic E-state index is 13.0. The van der Waals surface area contributed by atoms with E-state index in [9.17, 15) is 9.59 Å². The van der Waals surface area contributed by atoms with E-state index >= 15 is 0 Å². The Bertz CT molecular complexity index is 1600. The first-order chi connectivity index (χ1) is 19.1. The number of hydrogen-bond acceptors (Lipinski definition) is 8. The SMILES string of the molecule is COc1ccc(C=Nc2ccc(C(=O)/C=C/c3c(N4CCOCC4)c4ccccc4oc3=O)cc2)cc1OC. The number of morpholine rings is 1. The molecule has 1 aliphatic rings. The Kier molecular flexibility index (Phi) is 7.84. The van der Waals surface area contributed by atoms with Crippen LogP contribution in [0.25, 0.3) is 17.0 Å². The van der Waals surface area contributed by atoms with Gasteiger partial charge in [0, 0.05) is 30.3 Å². The molecule has 8 nitrogen and oxygen atoms in total. The van der Waals surface area contributed by atoms with Gasteiger partial charge in [-0.25, -0.2) is 4.79 Å². The summed E-state index contributed by atoms with van der Waals surface area (Å²) in [4.78, 5) is 32.5. The first-order valence-electron chi connectivity index (χ1n) is 12.5. The van der Waals surface area contributed by atoms with E-state index in [-0.39, 0.29) is 5.78 Å². The average molecular weight is 525 g/mol. The summed E-state index contributed by atoms with van der Waals surface area (Å²) in [6, 6.07) is 19.9. The van der Waals surface area contributed by atoms with Gasteiger partial charge >= 0.3 is 5.63 Å². The van der Waals surface area contributed by atoms with E-state index in [4.69, 9.17) is 18.6 Å². The van der Waals surface area contributed by atoms with Gasteiger partial charge in [-0.1, -0.05) is 12.1 Å². The Labute approximate surface area is 225 Å². The van der Waals surface area contributed by atoms with Crippen molar-refractivity contribution in [3.05, 3.63) is 99.9 Å². The van der Waals surface area contributed by atoms with Crippen molar-refractivity contribution in [1.82, 2.24) is 0 Å². The van der Waals surface area contributed by atoms with Gasteiger partial charge in [-0.05, 0) is 72.3 Å². The van der Waals surface area contributed by atoms with Crippen LogP contribution >= 0.6 is 0 Å². The van der Waals surface area contributed by atoms with Crippen molar-refractivity contribution in [3.8, 4) is 11.5 Å². The summed E-state index contributed by atoms with van der Waals surface area (Å²) in [5, 5.41) is 0.822. The van der Waals surface area contributed by atoms with Crippen LogP contribution in [0.4, 0.5) is 11.4 Å². The number of para-hydroxylation sites is 1. The van der Waals surface area contributed by atoms with Gasteiger partial charge in [0.1, 0.15) is 5.58 Å². The van der Waals surface area contributed by atoms with Crippen molar-refractivity contribution in [2.75, 3.05) is 45.4 Å². The molecule has 0 N–H and O–H groups in total. The Balaban J connectivity index is 1.37. The highest BCUT2D eigenvalue weighted by atomic mass is 16.5. The van der Waals surface area contributed by atoms with Crippen molar-refractivity contribution in [3.63, 3.8) is 0 Å². The van der Waals surface area contributed by atoms with Crippen LogP contribution in [0.15, 0.2) is 87.0 Å². The summed E-state index contributed by atoms with van der Waals surface area (Å²) in [5.41, 5.74) is 3.15. The summed E-state index contributed by atoms with van der Waals surface area (Å²) >= 11 is 0. The molecule has 3 aromatic carbocycles. The fraction of sp³-hybridized carbons (Fsp3) is 0.194. The van der Waals surface area contributed by atoms with Crippen LogP contribution in [0.2, 0.25) is 0 Å². The molecule has 0 atom stereocenters. The van der Waals surface area contributed by atoms with Crippen LogP contribution in [0, 0.1) is 0 Å². The number of allylic oxidation sites excluding steroid dienone is 1. The molecule has 1 aromatic heterocycles. The Morgan fingerprint density at radius 1 is 0.949 bits per heavy atom. The standard InChI is InChI=1S/C31H28N2O6/c1-36-28-14-7-21(19-29(28)37-2)20-32-23-10-8-22(9-11-23)26(34)13-12-25-30(33-15-17-38-18-16-33)24-5-3-4-6-27(24)39-31(25)35/h3-14,19-20H,15-18H2,1-2H3/b13-12+,32-20?. The summed E-state index contributed by atoms with van der Waals surface area (Å²) < 4.78 is 21.7. The van der Waals surface area contributed by atoms with Crippen LogP contribution in [0.5, 0.6) is 11.5 Å². The molecule has 4 aromatic rings. The maximum Gasteiger partial charge on any atom is 0.345 e. The van der Waals surface area contributed by atoms with E-state index in [0.717, 1.165) is 16.6 Å². The number of aliphatic imine (C=N–C) groups is 1. The molecule has 0 aliphatic carbocycles. The predicted octanol–water partition coefficient (Wildman–Crippen LogP) is 5.29. The summed E-state index contributed by atoms with van der Waals surface area (Å²) in [7, 11) is 3.17. The molecule has 0 amide bonds. The van der Waals surface area contributed by atoms with Gasteiger partial charge in [0.15, 0.2) is 17.3 Å². The van der Waals surface area contributed by atoms with E-state index in [1.165, 1.54) is 6.08 Å². The monoisotopic (exact) mass is 524 g/mol. The number of carbonyl (C=O) groups is 1. The van der Waals surface area contributed by atoms with Crippen LogP contribution in [-0.4, -0.2) is 52.5 Å². The number of methoxy groups -OCH3 is 2. The summed E-state index contributed by atoms with van der Waals surface area (Å²) in [6.45, 7) is 2.43. The van der Waals surface area contributed by atoms with Gasteiger partial charge in [-0.15, -0.1) is 0 Å². The first-order valence-corrected chi connectivity index (χ1v) is 12.5. The quantitative estimate of drug-likeness (QED) is 0.134. The van der Waals surface area contributed by atoms with Gasteiger partial charge in [0.05, 0.1) is 44.4 Å². The maximum absolute atomic E-state index is 13.0. The zero-order valence-corrected chi connectivity index (χ0v) is 21.8. The van der Waals surface area contributed by atoms with Gasteiger partial charge in [-0.3, -0.25) is 9.79 Å². The normalized spacial score (nSPS) is 13.8. The van der Waals surface area contributed by atoms with Crippen LogP contribution in [0.1, 0.15) is 21.5 Å². The zero-order chi connectivity index (χ0) is 27.2. The number of nitrogens with zero attached hydrogens (tertiary/aromatic N) is 2. The van der Waals surface area contributed by atoms with E-state index < -0.39 is 5.63 Å². The second-order valence-electron chi connectivity index (χ2n) is 8.86. The topological polar surface area (TPSA) is 90.6 Å². The Morgan fingerprint density at radius 3 is 2.44 bits per heavy atom. The number of anilines is 1. The molecule has 0 spiro atoms. The molecule has 1 fully saturated rings. The van der Waals surface area contributed by atoms with Gasteiger partial charge in [0.2, 0.25) is 0 Å². The summed E-state index contributed by atoms with van der Waals surface area (Å²) in [6.07, 6.45) is 4.67. The minimum atomic E-state index is -0.487. The highest BCUT2D eigenvalue weighted by Gasteiger charge is 2.20. The highest BCUT2D eigenvalue weighted by Crippen LogP contribution is 2.31. The second kappa shape index (κ2) is 11.8. The first kappa shape index (κ1) is 25.9. The molecule has 5 rings (SSSR count). The van der Waals surface area contributed by atoms with E-state index in [1.807, 2.05) is 36.4 Å². The van der Waals surface area contributed by atoms with Crippen LogP contribution < -0.4 is 20.0 Å². The number of carbonyl (C=O) groups excluding carboxylic acids is 1. The molecule has 2 heterocycles. The molecule has 39 heavy (non-hydrogen) atoms. The van der Waals surface area contributed by atoms with Gasteiger partial charge < -0.3 is 23.5 Å². The molecule has 8 heteroatoms. The lowest BCUT2D eigenvalue weighted by Crippen LogP contribution is -2.37. The number of benzene rings is 3. The smallest absolute Gasteiger partial charge is 0.345 e. The van der Waals surface area contributed by atoms with E-state index in [0.29, 0.717) is 60.2 Å². The molecule has 0 saturated carbocycles. The van der Waals surface area contributed by atoms with Crippen molar-refractivity contribution in [2.24, 2.45) is 4.99 Å².